The highest BCUT2D eigenvalue weighted by Gasteiger charge is 2.28. The van der Waals surface area contributed by atoms with Crippen molar-refractivity contribution >= 4 is 11.8 Å². The van der Waals surface area contributed by atoms with Gasteiger partial charge in [-0.25, -0.2) is 17.9 Å². The van der Waals surface area contributed by atoms with Crippen molar-refractivity contribution in [3.05, 3.63) is 70.8 Å². The van der Waals surface area contributed by atoms with Crippen LogP contribution in [0.15, 0.2) is 36.4 Å². The van der Waals surface area contributed by atoms with Crippen molar-refractivity contribution in [3.63, 3.8) is 0 Å². The average molecular weight is 459 g/mol. The zero-order valence-electron chi connectivity index (χ0n) is 17.6. The summed E-state index contributed by atoms with van der Waals surface area (Å²) >= 11 is 0. The first-order valence-corrected chi connectivity index (χ1v) is 10.3. The first-order chi connectivity index (χ1) is 15.9. The van der Waals surface area contributed by atoms with E-state index in [1.807, 2.05) is 0 Å². The molecular weight excluding hydrogens is 439 g/mol. The lowest BCUT2D eigenvalue weighted by Gasteiger charge is -2.11. The molecule has 0 atom stereocenters. The van der Waals surface area contributed by atoms with Gasteiger partial charge in [0.25, 0.3) is 11.8 Å². The van der Waals surface area contributed by atoms with Gasteiger partial charge in [-0.1, -0.05) is 5.21 Å². The molecule has 1 aliphatic carbocycles. The molecule has 1 fully saturated rings. The van der Waals surface area contributed by atoms with Crippen LogP contribution in [0.5, 0.6) is 5.75 Å². The fourth-order valence-corrected chi connectivity index (χ4v) is 3.07. The Bertz CT molecular complexity index is 1190. The van der Waals surface area contributed by atoms with Gasteiger partial charge in [0.05, 0.1) is 5.69 Å². The number of nitrogens with zero attached hydrogens (tertiary/aromatic N) is 3. The van der Waals surface area contributed by atoms with Gasteiger partial charge in [0.15, 0.2) is 28.9 Å². The predicted molar refractivity (Wildman–Crippen MR) is 111 cm³/mol. The minimum absolute atomic E-state index is 0.0438. The van der Waals surface area contributed by atoms with E-state index < -0.39 is 35.7 Å². The second-order valence-corrected chi connectivity index (χ2v) is 7.44. The number of benzene rings is 2. The van der Waals surface area contributed by atoms with Gasteiger partial charge in [-0.2, -0.15) is 0 Å². The van der Waals surface area contributed by atoms with Gasteiger partial charge in [0.1, 0.15) is 12.3 Å². The van der Waals surface area contributed by atoms with Crippen LogP contribution in [-0.4, -0.2) is 39.4 Å². The average Bonchev–Trinajstić information content (AvgIpc) is 3.51. The summed E-state index contributed by atoms with van der Waals surface area (Å²) in [5.74, 6) is -4.96. The van der Waals surface area contributed by atoms with E-state index in [9.17, 15) is 22.8 Å². The van der Waals surface area contributed by atoms with Crippen molar-refractivity contribution in [2.24, 2.45) is 0 Å². The summed E-state index contributed by atoms with van der Waals surface area (Å²) in [6, 6.07) is 7.37. The zero-order valence-corrected chi connectivity index (χ0v) is 17.6. The van der Waals surface area contributed by atoms with Crippen molar-refractivity contribution in [2.45, 2.75) is 32.4 Å². The number of hydrogen-bond acceptors (Lipinski definition) is 5. The molecule has 4 rings (SSSR count). The molecule has 172 valence electrons. The first-order valence-electron chi connectivity index (χ1n) is 10.3. The molecule has 1 saturated carbocycles. The highest BCUT2D eigenvalue weighted by molar-refractivity contribution is 5.94. The highest BCUT2D eigenvalue weighted by Crippen LogP contribution is 2.24. The number of hydrogen-bond donors (Lipinski definition) is 2. The molecule has 0 bridgehead atoms. The van der Waals surface area contributed by atoms with Crippen LogP contribution in [-0.2, 0) is 6.61 Å². The molecule has 1 heterocycles. The second kappa shape index (κ2) is 9.31. The van der Waals surface area contributed by atoms with E-state index in [-0.39, 0.29) is 23.3 Å². The Hall–Kier alpha value is -3.89. The summed E-state index contributed by atoms with van der Waals surface area (Å²) in [5.41, 5.74) is 1.01. The Balaban J connectivity index is 1.64. The fraction of sp³-hybridized carbons (Fsp3) is 0.273. The van der Waals surface area contributed by atoms with Crippen molar-refractivity contribution in [1.82, 2.24) is 25.6 Å². The van der Waals surface area contributed by atoms with E-state index in [4.69, 9.17) is 4.74 Å². The lowest BCUT2D eigenvalue weighted by Crippen LogP contribution is -2.27. The quantitative estimate of drug-likeness (QED) is 0.505. The van der Waals surface area contributed by atoms with Crippen LogP contribution in [0.3, 0.4) is 0 Å². The third-order valence-electron chi connectivity index (χ3n) is 4.94. The summed E-state index contributed by atoms with van der Waals surface area (Å²) in [6.45, 7) is 1.88. The van der Waals surface area contributed by atoms with Gasteiger partial charge < -0.3 is 15.4 Å². The van der Waals surface area contributed by atoms with Gasteiger partial charge in [0.2, 0.25) is 0 Å². The molecule has 3 aromatic rings. The van der Waals surface area contributed by atoms with Crippen LogP contribution in [0.25, 0.3) is 5.69 Å². The smallest absolute Gasteiger partial charge is 0.274 e. The largest absolute Gasteiger partial charge is 0.484 e. The maximum Gasteiger partial charge on any atom is 0.274 e. The third kappa shape index (κ3) is 4.97. The topological polar surface area (TPSA) is 98.1 Å². The van der Waals surface area contributed by atoms with Gasteiger partial charge in [0, 0.05) is 30.3 Å². The van der Waals surface area contributed by atoms with Crippen molar-refractivity contribution in [3.8, 4) is 11.4 Å². The Morgan fingerprint density at radius 2 is 1.76 bits per heavy atom. The van der Waals surface area contributed by atoms with E-state index in [1.165, 1.54) is 4.68 Å². The molecule has 8 nitrogen and oxygen atoms in total. The number of carbonyl (C=O) groups excluding carboxylic acids is 2. The van der Waals surface area contributed by atoms with E-state index >= 15 is 0 Å². The highest BCUT2D eigenvalue weighted by atomic mass is 19.2. The number of ether oxygens (including phenoxy) is 1. The van der Waals surface area contributed by atoms with Crippen molar-refractivity contribution in [1.29, 1.82) is 0 Å². The van der Waals surface area contributed by atoms with Crippen molar-refractivity contribution < 1.29 is 27.5 Å². The van der Waals surface area contributed by atoms with Crippen LogP contribution in [0.4, 0.5) is 13.2 Å². The van der Waals surface area contributed by atoms with Crippen LogP contribution < -0.4 is 15.4 Å². The summed E-state index contributed by atoms with van der Waals surface area (Å²) in [5, 5.41) is 13.4. The van der Waals surface area contributed by atoms with Crippen LogP contribution in [0, 0.1) is 17.5 Å². The number of nitrogens with one attached hydrogen (secondary N) is 2. The maximum absolute atomic E-state index is 14.0. The summed E-state index contributed by atoms with van der Waals surface area (Å²) in [4.78, 5) is 24.6. The van der Waals surface area contributed by atoms with Crippen molar-refractivity contribution in [2.75, 3.05) is 6.54 Å². The molecule has 2 N–H and O–H groups in total. The lowest BCUT2D eigenvalue weighted by molar-refractivity contribution is 0.0939. The molecule has 11 heteroatoms. The Kier molecular flexibility index (Phi) is 6.29. The van der Waals surface area contributed by atoms with Gasteiger partial charge in [-0.15, -0.1) is 5.10 Å². The molecule has 0 spiro atoms. The molecule has 0 saturated heterocycles. The minimum Gasteiger partial charge on any atom is -0.484 e. The van der Waals surface area contributed by atoms with E-state index in [2.05, 4.69) is 20.9 Å². The number of amides is 2. The molecule has 0 unspecified atom stereocenters. The zero-order chi connectivity index (χ0) is 23.5. The SMILES string of the molecule is CCNC(=O)c1ccc(-n2nnc(C(=O)NC3CC3)c2COc2cc(F)c(F)cc2F)cc1. The van der Waals surface area contributed by atoms with Crippen LogP contribution in [0.1, 0.15) is 46.3 Å². The Morgan fingerprint density at radius 3 is 2.42 bits per heavy atom. The Labute approximate surface area is 186 Å². The number of aromatic nitrogens is 3. The molecule has 2 amide bonds. The third-order valence-corrected chi connectivity index (χ3v) is 4.94. The molecule has 1 aromatic heterocycles. The number of rotatable bonds is 8. The van der Waals surface area contributed by atoms with Gasteiger partial charge in [-0.05, 0) is 44.0 Å². The normalized spacial score (nSPS) is 13.0. The van der Waals surface area contributed by atoms with Crippen LogP contribution in [0.2, 0.25) is 0 Å². The van der Waals surface area contributed by atoms with Gasteiger partial charge in [-0.3, -0.25) is 9.59 Å². The standard InChI is InChI=1S/C22H20F3N5O3/c1-2-26-21(31)12-3-7-14(8-4-12)30-18(20(28-29-30)22(32)27-13-5-6-13)11-33-19-10-16(24)15(23)9-17(19)25/h3-4,7-10,13H,2,5-6,11H2,1H3,(H,26,31)(H,27,32). The predicted octanol–water partition coefficient (Wildman–Crippen LogP) is 2.91. The first kappa shape index (κ1) is 22.3. The number of carbonyl (C=O) groups is 2. The van der Waals surface area contributed by atoms with E-state index in [1.54, 1.807) is 31.2 Å². The van der Waals surface area contributed by atoms with Gasteiger partial charge >= 0.3 is 0 Å². The maximum atomic E-state index is 14.0. The van der Waals surface area contributed by atoms with E-state index in [0.717, 1.165) is 12.8 Å². The molecule has 1 aliphatic rings. The molecule has 33 heavy (non-hydrogen) atoms. The van der Waals surface area contributed by atoms with Crippen LogP contribution >= 0.6 is 0 Å². The summed E-state index contributed by atoms with van der Waals surface area (Å²) in [7, 11) is 0. The summed E-state index contributed by atoms with van der Waals surface area (Å²) in [6.07, 6.45) is 1.71. The fourth-order valence-electron chi connectivity index (χ4n) is 3.07. The molecule has 2 aromatic carbocycles. The minimum atomic E-state index is -1.34. The monoisotopic (exact) mass is 459 g/mol. The lowest BCUT2D eigenvalue weighted by atomic mass is 10.2. The molecule has 0 radical (unpaired) electrons. The molecular formula is C22H20F3N5O3. The Morgan fingerprint density at radius 1 is 1.06 bits per heavy atom. The van der Waals surface area contributed by atoms with E-state index in [0.29, 0.717) is 29.9 Å². The molecule has 0 aliphatic heterocycles. The second-order valence-electron chi connectivity index (χ2n) is 7.44. The number of halogens is 3. The summed E-state index contributed by atoms with van der Waals surface area (Å²) < 4.78 is 47.4.